The van der Waals surface area contributed by atoms with Gasteiger partial charge in [0.25, 0.3) is 0 Å². The number of nitrogens with one attached hydrogen (secondary N) is 2. The van der Waals surface area contributed by atoms with Gasteiger partial charge in [0.1, 0.15) is 5.75 Å². The van der Waals surface area contributed by atoms with Crippen LogP contribution in [0.15, 0.2) is 76.4 Å². The molecule has 2 amide bonds. The van der Waals surface area contributed by atoms with Crippen LogP contribution in [-0.2, 0) is 12.3 Å². The Morgan fingerprint density at radius 1 is 1.11 bits per heavy atom. The van der Waals surface area contributed by atoms with E-state index in [2.05, 4.69) is 36.8 Å². The second-order valence-electron chi connectivity index (χ2n) is 7.62. The first-order valence-electron chi connectivity index (χ1n) is 10.7. The summed E-state index contributed by atoms with van der Waals surface area (Å²) >= 11 is 11.3. The van der Waals surface area contributed by atoms with Gasteiger partial charge in [-0.3, -0.25) is 4.57 Å². The first-order chi connectivity index (χ1) is 16.9. The molecule has 0 fully saturated rings. The molecule has 0 saturated heterocycles. The van der Waals surface area contributed by atoms with Crippen molar-refractivity contribution in [2.45, 2.75) is 24.4 Å². The van der Waals surface area contributed by atoms with E-state index in [9.17, 15) is 4.79 Å². The van der Waals surface area contributed by atoms with E-state index < -0.39 is 0 Å². The summed E-state index contributed by atoms with van der Waals surface area (Å²) in [6.45, 7) is 2.18. The summed E-state index contributed by atoms with van der Waals surface area (Å²) < 4.78 is 8.15. The lowest BCUT2D eigenvalue weighted by molar-refractivity contribution is 0.251. The highest BCUT2D eigenvalue weighted by Crippen LogP contribution is 2.29. The standard InChI is InChI=1S/C25H23BrClN5O2S/c1-16-9-10-19(27)13-22(16)32-23(14-28-24(33)29-20-7-4-6-18(26)12-20)30-31-25(32)35-15-17-5-3-8-21(11-17)34-2/h3-13H,14-15H2,1-2H3,(H2,28,29,33). The summed E-state index contributed by atoms with van der Waals surface area (Å²) in [5.74, 6) is 2.07. The van der Waals surface area contributed by atoms with Crippen molar-refractivity contribution in [3.8, 4) is 11.4 Å². The Kier molecular flexibility index (Phi) is 8.33. The Morgan fingerprint density at radius 3 is 2.74 bits per heavy atom. The van der Waals surface area contributed by atoms with Gasteiger partial charge >= 0.3 is 6.03 Å². The highest BCUT2D eigenvalue weighted by Gasteiger charge is 2.17. The summed E-state index contributed by atoms with van der Waals surface area (Å²) in [6, 6.07) is 20.6. The monoisotopic (exact) mass is 571 g/mol. The van der Waals surface area contributed by atoms with Gasteiger partial charge in [0, 0.05) is 20.9 Å². The number of thioether (sulfide) groups is 1. The third-order valence-electron chi connectivity index (χ3n) is 5.10. The Balaban J connectivity index is 1.56. The largest absolute Gasteiger partial charge is 0.497 e. The fourth-order valence-electron chi connectivity index (χ4n) is 3.38. The van der Waals surface area contributed by atoms with Gasteiger partial charge in [-0.25, -0.2) is 4.79 Å². The molecule has 1 aromatic heterocycles. The molecule has 0 saturated carbocycles. The Morgan fingerprint density at radius 2 is 1.94 bits per heavy atom. The summed E-state index contributed by atoms with van der Waals surface area (Å²) in [7, 11) is 1.65. The number of urea groups is 1. The van der Waals surface area contributed by atoms with Crippen molar-refractivity contribution in [3.63, 3.8) is 0 Å². The number of ether oxygens (including phenoxy) is 1. The molecular weight excluding hydrogens is 550 g/mol. The topological polar surface area (TPSA) is 81.1 Å². The van der Waals surface area contributed by atoms with E-state index in [0.29, 0.717) is 27.4 Å². The Hall–Kier alpha value is -3.01. The molecule has 0 aliphatic rings. The average molecular weight is 573 g/mol. The van der Waals surface area contributed by atoms with E-state index in [4.69, 9.17) is 16.3 Å². The van der Waals surface area contributed by atoms with Gasteiger partial charge in [-0.1, -0.05) is 63.6 Å². The Labute approximate surface area is 221 Å². The molecule has 0 atom stereocenters. The van der Waals surface area contributed by atoms with Crippen LogP contribution in [0.2, 0.25) is 5.02 Å². The molecule has 4 rings (SSSR count). The number of carbonyl (C=O) groups is 1. The zero-order valence-corrected chi connectivity index (χ0v) is 22.2. The minimum atomic E-state index is -0.342. The lowest BCUT2D eigenvalue weighted by Crippen LogP contribution is -2.29. The Bertz CT molecular complexity index is 1350. The second-order valence-corrected chi connectivity index (χ2v) is 9.92. The first kappa shape index (κ1) is 25.1. The maximum absolute atomic E-state index is 12.5. The van der Waals surface area contributed by atoms with Crippen LogP contribution in [0.5, 0.6) is 5.75 Å². The van der Waals surface area contributed by atoms with Gasteiger partial charge in [-0.2, -0.15) is 0 Å². The van der Waals surface area contributed by atoms with Crippen LogP contribution in [0, 0.1) is 6.92 Å². The van der Waals surface area contributed by atoms with Crippen molar-refractivity contribution in [1.29, 1.82) is 0 Å². The molecule has 0 unspecified atom stereocenters. The van der Waals surface area contributed by atoms with E-state index >= 15 is 0 Å². The van der Waals surface area contributed by atoms with E-state index in [1.165, 1.54) is 0 Å². The SMILES string of the molecule is COc1cccc(CSc2nnc(CNC(=O)Nc3cccc(Br)c3)n2-c2cc(Cl)ccc2C)c1. The third-order valence-corrected chi connectivity index (χ3v) is 6.83. The number of nitrogens with zero attached hydrogens (tertiary/aromatic N) is 3. The molecule has 0 aliphatic heterocycles. The van der Waals surface area contributed by atoms with E-state index in [1.807, 2.05) is 78.2 Å². The highest BCUT2D eigenvalue weighted by molar-refractivity contribution is 9.10. The van der Waals surface area contributed by atoms with Gasteiger partial charge < -0.3 is 15.4 Å². The van der Waals surface area contributed by atoms with Crippen LogP contribution >= 0.6 is 39.3 Å². The van der Waals surface area contributed by atoms with E-state index in [1.54, 1.807) is 18.9 Å². The number of amides is 2. The van der Waals surface area contributed by atoms with Crippen LogP contribution in [0.25, 0.3) is 5.69 Å². The predicted molar refractivity (Wildman–Crippen MR) is 144 cm³/mol. The first-order valence-corrected chi connectivity index (χ1v) is 12.9. The van der Waals surface area contributed by atoms with Gasteiger partial charge in [-0.15, -0.1) is 10.2 Å². The molecule has 3 aromatic carbocycles. The lowest BCUT2D eigenvalue weighted by Gasteiger charge is -2.14. The number of carbonyl (C=O) groups excluding carboxylic acids is 1. The highest BCUT2D eigenvalue weighted by atomic mass is 79.9. The van der Waals surface area contributed by atoms with Crippen molar-refractivity contribution < 1.29 is 9.53 Å². The number of aromatic nitrogens is 3. The molecule has 7 nitrogen and oxygen atoms in total. The molecule has 0 radical (unpaired) electrons. The molecule has 1 heterocycles. The van der Waals surface area contributed by atoms with E-state index in [0.717, 1.165) is 27.0 Å². The quantitative estimate of drug-likeness (QED) is 0.232. The number of aryl methyl sites for hydroxylation is 1. The number of halogens is 2. The lowest BCUT2D eigenvalue weighted by atomic mass is 10.2. The van der Waals surface area contributed by atoms with E-state index in [-0.39, 0.29) is 12.6 Å². The van der Waals surface area contributed by atoms with Crippen LogP contribution in [0.3, 0.4) is 0 Å². The van der Waals surface area contributed by atoms with Gasteiger partial charge in [0.15, 0.2) is 11.0 Å². The molecule has 10 heteroatoms. The second kappa shape index (κ2) is 11.6. The van der Waals surface area contributed by atoms with Crippen LogP contribution in [0.4, 0.5) is 10.5 Å². The summed E-state index contributed by atoms with van der Waals surface area (Å²) in [4.78, 5) is 12.5. The molecular formula is C25H23BrClN5O2S. The molecule has 35 heavy (non-hydrogen) atoms. The molecule has 4 aromatic rings. The summed E-state index contributed by atoms with van der Waals surface area (Å²) in [5, 5.41) is 15.8. The van der Waals surface area contributed by atoms with Gasteiger partial charge in [0.05, 0.1) is 19.3 Å². The van der Waals surface area contributed by atoms with Crippen molar-refractivity contribution in [2.75, 3.05) is 12.4 Å². The molecule has 180 valence electrons. The summed E-state index contributed by atoms with van der Waals surface area (Å²) in [5.41, 5.74) is 3.65. The maximum Gasteiger partial charge on any atom is 0.319 e. The number of hydrogen-bond acceptors (Lipinski definition) is 5. The van der Waals surface area contributed by atoms with Crippen molar-refractivity contribution in [3.05, 3.63) is 93.2 Å². The van der Waals surface area contributed by atoms with Crippen LogP contribution in [0.1, 0.15) is 17.0 Å². The molecule has 0 aliphatic carbocycles. The molecule has 0 bridgehead atoms. The zero-order chi connectivity index (χ0) is 24.8. The van der Waals surface area contributed by atoms with Crippen molar-refractivity contribution >= 4 is 51.0 Å². The number of hydrogen-bond donors (Lipinski definition) is 2. The van der Waals surface area contributed by atoms with Gasteiger partial charge in [-0.05, 0) is 60.5 Å². The normalized spacial score (nSPS) is 10.7. The molecule has 2 N–H and O–H groups in total. The minimum Gasteiger partial charge on any atom is -0.497 e. The third kappa shape index (κ3) is 6.56. The van der Waals surface area contributed by atoms with Crippen LogP contribution in [-0.4, -0.2) is 27.9 Å². The smallest absolute Gasteiger partial charge is 0.319 e. The number of anilines is 1. The average Bonchev–Trinajstić information content (AvgIpc) is 3.25. The van der Waals surface area contributed by atoms with Crippen LogP contribution < -0.4 is 15.4 Å². The van der Waals surface area contributed by atoms with Crippen molar-refractivity contribution in [2.24, 2.45) is 0 Å². The summed E-state index contributed by atoms with van der Waals surface area (Å²) in [6.07, 6.45) is 0. The predicted octanol–water partition coefficient (Wildman–Crippen LogP) is 6.61. The zero-order valence-electron chi connectivity index (χ0n) is 19.1. The maximum atomic E-state index is 12.5. The number of rotatable bonds is 8. The fourth-order valence-corrected chi connectivity index (χ4v) is 4.86. The minimum absolute atomic E-state index is 0.179. The molecule has 0 spiro atoms. The fraction of sp³-hybridized carbons (Fsp3) is 0.160. The van der Waals surface area contributed by atoms with Crippen molar-refractivity contribution in [1.82, 2.24) is 20.1 Å². The van der Waals surface area contributed by atoms with Gasteiger partial charge in [0.2, 0.25) is 0 Å². The number of benzene rings is 3. The number of methoxy groups -OCH3 is 1.